The summed E-state index contributed by atoms with van der Waals surface area (Å²) in [5.74, 6) is -0.370. The maximum atomic E-state index is 13.9. The summed E-state index contributed by atoms with van der Waals surface area (Å²) < 4.78 is 34.5. The summed E-state index contributed by atoms with van der Waals surface area (Å²) in [6.07, 6.45) is 3.25. The normalized spacial score (nSPS) is 25.5. The van der Waals surface area contributed by atoms with Crippen molar-refractivity contribution < 1.29 is 18.4 Å². The Balaban J connectivity index is 1.54. The smallest absolute Gasteiger partial charge is 0.222 e. The zero-order chi connectivity index (χ0) is 22.8. The first-order valence-corrected chi connectivity index (χ1v) is 11.0. The summed E-state index contributed by atoms with van der Waals surface area (Å²) in [6, 6.07) is 17.3. The summed E-state index contributed by atoms with van der Waals surface area (Å²) in [5.41, 5.74) is 8.61. The van der Waals surface area contributed by atoms with Gasteiger partial charge in [-0.1, -0.05) is 30.3 Å². The molecule has 2 heterocycles. The predicted molar refractivity (Wildman–Crippen MR) is 120 cm³/mol. The molecule has 2 spiro atoms. The lowest BCUT2D eigenvalue weighted by Crippen LogP contribution is -2.48. The zero-order valence-corrected chi connectivity index (χ0v) is 18.1. The number of halogens is 2. The van der Waals surface area contributed by atoms with Crippen LogP contribution in [0.5, 0.6) is 5.75 Å². The van der Waals surface area contributed by atoms with Gasteiger partial charge in [0, 0.05) is 19.5 Å². The fourth-order valence-corrected chi connectivity index (χ4v) is 5.46. The first-order valence-electron chi connectivity index (χ1n) is 11.0. The van der Waals surface area contributed by atoms with Crippen molar-refractivity contribution in [2.24, 2.45) is 10.7 Å². The van der Waals surface area contributed by atoms with Crippen molar-refractivity contribution in [3.05, 3.63) is 89.0 Å². The standard InChI is InChI=1S/C26H23F2N3O2/c1-31-24(29)30-26(33-31)15-25(10-4-6-16-5-2-3-7-21(16)25)32-23-9-8-17(13-22(23)26)18-11-19(27)14-20(28)12-18/h2-3,5,7-9,11-14H,4,6,10,15H2,1H3,(H2,29,30). The molecule has 0 saturated carbocycles. The van der Waals surface area contributed by atoms with Crippen molar-refractivity contribution in [3.63, 3.8) is 0 Å². The van der Waals surface area contributed by atoms with Crippen LogP contribution in [0.3, 0.4) is 0 Å². The highest BCUT2D eigenvalue weighted by Gasteiger charge is 2.56. The molecule has 2 N–H and O–H groups in total. The molecule has 0 fully saturated rings. The molecule has 2 atom stereocenters. The Bertz CT molecular complexity index is 1290. The van der Waals surface area contributed by atoms with E-state index in [2.05, 4.69) is 12.1 Å². The third kappa shape index (κ3) is 3.10. The molecule has 33 heavy (non-hydrogen) atoms. The SMILES string of the molecule is CN1OC2(CC3(CCCc4ccccc43)Oc3ccc(-c4cc(F)cc(F)c4)cc32)N=C1N. The van der Waals surface area contributed by atoms with Gasteiger partial charge in [-0.2, -0.15) is 0 Å². The summed E-state index contributed by atoms with van der Waals surface area (Å²) in [5, 5.41) is 1.46. The maximum Gasteiger partial charge on any atom is 0.222 e. The Morgan fingerprint density at radius 2 is 1.76 bits per heavy atom. The Hall–Kier alpha value is -3.45. The molecule has 0 bridgehead atoms. The maximum absolute atomic E-state index is 13.9. The van der Waals surface area contributed by atoms with E-state index in [1.54, 1.807) is 13.1 Å². The first-order chi connectivity index (χ1) is 15.9. The van der Waals surface area contributed by atoms with E-state index in [1.807, 2.05) is 24.3 Å². The zero-order valence-electron chi connectivity index (χ0n) is 18.1. The number of aliphatic imine (C=N–C) groups is 1. The summed E-state index contributed by atoms with van der Waals surface area (Å²) >= 11 is 0. The van der Waals surface area contributed by atoms with Gasteiger partial charge in [0.2, 0.25) is 11.7 Å². The molecular weight excluding hydrogens is 424 g/mol. The van der Waals surface area contributed by atoms with Crippen molar-refractivity contribution in [3.8, 4) is 16.9 Å². The molecule has 6 rings (SSSR count). The van der Waals surface area contributed by atoms with Crippen LogP contribution >= 0.6 is 0 Å². The highest BCUT2D eigenvalue weighted by atomic mass is 19.1. The molecule has 3 aromatic carbocycles. The summed E-state index contributed by atoms with van der Waals surface area (Å²) in [7, 11) is 1.72. The lowest BCUT2D eigenvalue weighted by atomic mass is 9.72. The van der Waals surface area contributed by atoms with Crippen molar-refractivity contribution in [1.29, 1.82) is 0 Å². The number of rotatable bonds is 1. The van der Waals surface area contributed by atoms with Crippen LogP contribution in [0.2, 0.25) is 0 Å². The Morgan fingerprint density at radius 1 is 0.970 bits per heavy atom. The number of fused-ring (bicyclic) bond motifs is 4. The Morgan fingerprint density at radius 3 is 2.52 bits per heavy atom. The van der Waals surface area contributed by atoms with Crippen LogP contribution in [-0.2, 0) is 22.6 Å². The molecule has 0 aromatic heterocycles. The molecule has 168 valence electrons. The number of ether oxygens (including phenoxy) is 1. The highest BCUT2D eigenvalue weighted by molar-refractivity contribution is 5.79. The van der Waals surface area contributed by atoms with Crippen LogP contribution < -0.4 is 10.5 Å². The van der Waals surface area contributed by atoms with Gasteiger partial charge in [-0.05, 0) is 65.8 Å². The van der Waals surface area contributed by atoms with Crippen molar-refractivity contribution in [2.75, 3.05) is 7.05 Å². The number of hydrogen-bond donors (Lipinski definition) is 1. The highest BCUT2D eigenvalue weighted by Crippen LogP contribution is 2.56. The summed E-state index contributed by atoms with van der Waals surface area (Å²) in [6.45, 7) is 0. The third-order valence-electron chi connectivity index (χ3n) is 6.87. The van der Waals surface area contributed by atoms with E-state index in [1.165, 1.54) is 22.8 Å². The minimum Gasteiger partial charge on any atom is -0.482 e. The molecule has 0 amide bonds. The number of guanidine groups is 1. The van der Waals surface area contributed by atoms with Crippen LogP contribution in [0, 0.1) is 11.6 Å². The quantitative estimate of drug-likeness (QED) is 0.571. The molecule has 2 unspecified atom stereocenters. The Labute approximate surface area is 190 Å². The molecule has 3 aromatic rings. The monoisotopic (exact) mass is 447 g/mol. The van der Waals surface area contributed by atoms with Gasteiger partial charge >= 0.3 is 0 Å². The molecule has 3 aliphatic rings. The van der Waals surface area contributed by atoms with Crippen LogP contribution in [-0.4, -0.2) is 18.1 Å². The minimum atomic E-state index is -1.10. The van der Waals surface area contributed by atoms with Crippen LogP contribution in [0.1, 0.15) is 36.0 Å². The number of aryl methyl sites for hydroxylation is 1. The second kappa shape index (κ2) is 7.02. The lowest BCUT2D eigenvalue weighted by Gasteiger charge is -2.47. The fraction of sp³-hybridized carbons (Fsp3) is 0.269. The second-order valence-electron chi connectivity index (χ2n) is 9.00. The third-order valence-corrected chi connectivity index (χ3v) is 6.87. The van der Waals surface area contributed by atoms with E-state index in [0.29, 0.717) is 28.9 Å². The van der Waals surface area contributed by atoms with Crippen molar-refractivity contribution in [2.45, 2.75) is 37.0 Å². The topological polar surface area (TPSA) is 60.1 Å². The molecule has 2 aliphatic heterocycles. The molecule has 0 saturated heterocycles. The number of hydrogen-bond acceptors (Lipinski definition) is 5. The second-order valence-corrected chi connectivity index (χ2v) is 9.00. The van der Waals surface area contributed by atoms with Gasteiger partial charge in [-0.15, -0.1) is 0 Å². The average Bonchev–Trinajstić information content (AvgIpc) is 3.06. The number of nitrogens with zero attached hydrogens (tertiary/aromatic N) is 2. The summed E-state index contributed by atoms with van der Waals surface area (Å²) in [4.78, 5) is 11.1. The van der Waals surface area contributed by atoms with Gasteiger partial charge in [-0.25, -0.2) is 23.7 Å². The number of hydroxylamine groups is 2. The van der Waals surface area contributed by atoms with Gasteiger partial charge in [-0.3, -0.25) is 0 Å². The lowest BCUT2D eigenvalue weighted by molar-refractivity contribution is -0.207. The molecule has 7 heteroatoms. The van der Waals surface area contributed by atoms with Gasteiger partial charge in [0.15, 0.2) is 0 Å². The van der Waals surface area contributed by atoms with Gasteiger partial charge < -0.3 is 10.5 Å². The van der Waals surface area contributed by atoms with E-state index in [4.69, 9.17) is 20.3 Å². The molecule has 0 radical (unpaired) electrons. The van der Waals surface area contributed by atoms with Crippen LogP contribution in [0.4, 0.5) is 8.78 Å². The molecular formula is C26H23F2N3O2. The number of nitrogens with two attached hydrogens (primary N) is 1. The van der Waals surface area contributed by atoms with Crippen LogP contribution in [0.25, 0.3) is 11.1 Å². The molecule has 1 aliphatic carbocycles. The van der Waals surface area contributed by atoms with Gasteiger partial charge in [0.25, 0.3) is 0 Å². The van der Waals surface area contributed by atoms with E-state index < -0.39 is 23.0 Å². The van der Waals surface area contributed by atoms with Crippen LogP contribution in [0.15, 0.2) is 65.7 Å². The minimum absolute atomic E-state index is 0.268. The van der Waals surface area contributed by atoms with Gasteiger partial charge in [0.05, 0.1) is 5.56 Å². The van der Waals surface area contributed by atoms with E-state index in [0.717, 1.165) is 30.9 Å². The Kier molecular flexibility index (Phi) is 4.29. The van der Waals surface area contributed by atoms with Crippen molar-refractivity contribution in [1.82, 2.24) is 5.06 Å². The number of benzene rings is 3. The van der Waals surface area contributed by atoms with E-state index in [-0.39, 0.29) is 5.96 Å². The van der Waals surface area contributed by atoms with Gasteiger partial charge in [0.1, 0.15) is 23.0 Å². The first kappa shape index (κ1) is 20.2. The molecule has 5 nitrogen and oxygen atoms in total. The fourth-order valence-electron chi connectivity index (χ4n) is 5.46. The van der Waals surface area contributed by atoms with E-state index in [9.17, 15) is 8.78 Å². The van der Waals surface area contributed by atoms with E-state index >= 15 is 0 Å². The predicted octanol–water partition coefficient (Wildman–Crippen LogP) is 4.99. The van der Waals surface area contributed by atoms with Crippen molar-refractivity contribution >= 4 is 5.96 Å². The largest absolute Gasteiger partial charge is 0.482 e. The average molecular weight is 447 g/mol.